The number of aromatic nitrogens is 3. The van der Waals surface area contributed by atoms with Crippen LogP contribution in [0.4, 0.5) is 5.69 Å². The molecule has 0 saturated carbocycles. The van der Waals surface area contributed by atoms with Crippen LogP contribution < -0.4 is 5.32 Å². The number of fused-ring (bicyclic) bond motifs is 2. The summed E-state index contributed by atoms with van der Waals surface area (Å²) in [4.78, 5) is 9.04. The Bertz CT molecular complexity index is 872. The minimum Gasteiger partial charge on any atom is -0.378 e. The SMILES string of the molecule is c1cnc2c(NCc3cn4ccccc4n3)cccc2c1. The lowest BCUT2D eigenvalue weighted by Crippen LogP contribution is -2.00. The van der Waals surface area contributed by atoms with Crippen molar-refractivity contribution in [1.29, 1.82) is 0 Å². The van der Waals surface area contributed by atoms with E-state index in [1.54, 1.807) is 0 Å². The molecule has 4 heteroatoms. The molecule has 4 nitrogen and oxygen atoms in total. The molecule has 0 aliphatic heterocycles. The lowest BCUT2D eigenvalue weighted by Gasteiger charge is -2.07. The number of pyridine rings is 2. The maximum Gasteiger partial charge on any atom is 0.137 e. The third kappa shape index (κ3) is 2.21. The van der Waals surface area contributed by atoms with Gasteiger partial charge < -0.3 is 9.72 Å². The van der Waals surface area contributed by atoms with Gasteiger partial charge in [0.15, 0.2) is 0 Å². The fourth-order valence-corrected chi connectivity index (χ4v) is 2.51. The summed E-state index contributed by atoms with van der Waals surface area (Å²) in [5.41, 5.74) is 3.99. The van der Waals surface area contributed by atoms with Crippen LogP contribution in [-0.2, 0) is 6.54 Å². The summed E-state index contributed by atoms with van der Waals surface area (Å²) < 4.78 is 2.03. The van der Waals surface area contributed by atoms with Gasteiger partial charge in [-0.3, -0.25) is 4.98 Å². The molecule has 3 aromatic heterocycles. The van der Waals surface area contributed by atoms with E-state index in [2.05, 4.69) is 27.4 Å². The fraction of sp³-hybridized carbons (Fsp3) is 0.0588. The maximum absolute atomic E-state index is 4.59. The largest absolute Gasteiger partial charge is 0.378 e. The van der Waals surface area contributed by atoms with Gasteiger partial charge in [0.05, 0.1) is 23.4 Å². The summed E-state index contributed by atoms with van der Waals surface area (Å²) in [6.45, 7) is 0.678. The minimum atomic E-state index is 0.678. The Hall–Kier alpha value is -2.88. The molecule has 1 N–H and O–H groups in total. The van der Waals surface area contributed by atoms with Crippen molar-refractivity contribution in [3.63, 3.8) is 0 Å². The zero-order chi connectivity index (χ0) is 14.1. The maximum atomic E-state index is 4.59. The molecule has 0 spiro atoms. The molecule has 0 amide bonds. The number of benzene rings is 1. The number of hydrogen-bond acceptors (Lipinski definition) is 3. The van der Waals surface area contributed by atoms with Crippen molar-refractivity contribution in [2.75, 3.05) is 5.32 Å². The van der Waals surface area contributed by atoms with Crippen molar-refractivity contribution in [3.8, 4) is 0 Å². The van der Waals surface area contributed by atoms with Gasteiger partial charge in [0.2, 0.25) is 0 Å². The Morgan fingerprint density at radius 1 is 1.00 bits per heavy atom. The summed E-state index contributed by atoms with van der Waals surface area (Å²) in [7, 11) is 0. The molecule has 21 heavy (non-hydrogen) atoms. The highest BCUT2D eigenvalue weighted by atomic mass is 15.0. The van der Waals surface area contributed by atoms with Gasteiger partial charge in [0.25, 0.3) is 0 Å². The average Bonchev–Trinajstić information content (AvgIpc) is 2.96. The van der Waals surface area contributed by atoms with Crippen LogP contribution in [0.5, 0.6) is 0 Å². The van der Waals surface area contributed by atoms with Crippen LogP contribution in [0.15, 0.2) is 67.1 Å². The van der Waals surface area contributed by atoms with Crippen LogP contribution in [0.2, 0.25) is 0 Å². The molecule has 0 saturated heterocycles. The van der Waals surface area contributed by atoms with Crippen LogP contribution in [0.1, 0.15) is 5.69 Å². The van der Waals surface area contributed by atoms with E-state index in [9.17, 15) is 0 Å². The number of nitrogens with zero attached hydrogens (tertiary/aromatic N) is 3. The van der Waals surface area contributed by atoms with Crippen molar-refractivity contribution in [3.05, 3.63) is 72.8 Å². The van der Waals surface area contributed by atoms with Gasteiger partial charge in [-0.1, -0.05) is 24.3 Å². The molecule has 0 radical (unpaired) electrons. The molecule has 4 rings (SSSR count). The lowest BCUT2D eigenvalue weighted by atomic mass is 10.2. The van der Waals surface area contributed by atoms with Gasteiger partial charge in [-0.05, 0) is 24.3 Å². The second-order valence-electron chi connectivity index (χ2n) is 4.93. The van der Waals surface area contributed by atoms with Crippen molar-refractivity contribution in [1.82, 2.24) is 14.4 Å². The topological polar surface area (TPSA) is 42.2 Å². The number of rotatable bonds is 3. The van der Waals surface area contributed by atoms with E-state index in [1.807, 2.05) is 59.4 Å². The zero-order valence-electron chi connectivity index (χ0n) is 11.4. The molecule has 3 heterocycles. The van der Waals surface area contributed by atoms with E-state index in [0.717, 1.165) is 27.9 Å². The van der Waals surface area contributed by atoms with Crippen LogP contribution >= 0.6 is 0 Å². The van der Waals surface area contributed by atoms with E-state index in [1.165, 1.54) is 0 Å². The van der Waals surface area contributed by atoms with Crippen LogP contribution in [0, 0.1) is 0 Å². The highest BCUT2D eigenvalue weighted by molar-refractivity contribution is 5.90. The van der Waals surface area contributed by atoms with Gasteiger partial charge in [-0.15, -0.1) is 0 Å². The predicted octanol–water partition coefficient (Wildman–Crippen LogP) is 3.49. The van der Waals surface area contributed by atoms with Crippen LogP contribution in [0.3, 0.4) is 0 Å². The van der Waals surface area contributed by atoms with Gasteiger partial charge in [-0.25, -0.2) is 4.98 Å². The summed E-state index contributed by atoms with van der Waals surface area (Å²) >= 11 is 0. The molecule has 0 bridgehead atoms. The highest BCUT2D eigenvalue weighted by Crippen LogP contribution is 2.21. The molecular weight excluding hydrogens is 260 g/mol. The molecule has 0 fully saturated rings. The summed E-state index contributed by atoms with van der Waals surface area (Å²) in [6, 6.07) is 16.2. The Morgan fingerprint density at radius 3 is 2.90 bits per heavy atom. The second kappa shape index (κ2) is 4.90. The van der Waals surface area contributed by atoms with Crippen molar-refractivity contribution < 1.29 is 0 Å². The molecular formula is C17H14N4. The third-order valence-electron chi connectivity index (χ3n) is 3.51. The molecule has 0 aliphatic carbocycles. The number of anilines is 1. The van der Waals surface area contributed by atoms with Crippen LogP contribution in [-0.4, -0.2) is 14.4 Å². The number of imidazole rings is 1. The van der Waals surface area contributed by atoms with Gasteiger partial charge >= 0.3 is 0 Å². The molecule has 0 atom stereocenters. The average molecular weight is 274 g/mol. The summed E-state index contributed by atoms with van der Waals surface area (Å²) in [6.07, 6.45) is 5.87. The predicted molar refractivity (Wildman–Crippen MR) is 84.3 cm³/mol. The van der Waals surface area contributed by atoms with Crippen molar-refractivity contribution >= 4 is 22.2 Å². The second-order valence-corrected chi connectivity index (χ2v) is 4.93. The molecule has 0 aliphatic rings. The normalized spacial score (nSPS) is 11.0. The smallest absolute Gasteiger partial charge is 0.137 e. The van der Waals surface area contributed by atoms with E-state index in [0.29, 0.717) is 6.54 Å². The first-order valence-corrected chi connectivity index (χ1v) is 6.90. The van der Waals surface area contributed by atoms with Gasteiger partial charge in [-0.2, -0.15) is 0 Å². The van der Waals surface area contributed by atoms with E-state index >= 15 is 0 Å². The lowest BCUT2D eigenvalue weighted by molar-refractivity contribution is 1.08. The number of para-hydroxylation sites is 1. The number of nitrogens with one attached hydrogen (secondary N) is 1. The fourth-order valence-electron chi connectivity index (χ4n) is 2.51. The Balaban J connectivity index is 1.63. The Kier molecular flexibility index (Phi) is 2.78. The Morgan fingerprint density at radius 2 is 1.95 bits per heavy atom. The van der Waals surface area contributed by atoms with E-state index in [4.69, 9.17) is 0 Å². The molecule has 1 aromatic carbocycles. The first kappa shape index (κ1) is 11.9. The molecule has 102 valence electrons. The third-order valence-corrected chi connectivity index (χ3v) is 3.51. The Labute approximate surface area is 122 Å². The molecule has 4 aromatic rings. The van der Waals surface area contributed by atoms with Crippen molar-refractivity contribution in [2.24, 2.45) is 0 Å². The minimum absolute atomic E-state index is 0.678. The summed E-state index contributed by atoms with van der Waals surface area (Å²) in [5.74, 6) is 0. The monoisotopic (exact) mass is 274 g/mol. The quantitative estimate of drug-likeness (QED) is 0.622. The van der Waals surface area contributed by atoms with E-state index < -0.39 is 0 Å². The zero-order valence-corrected chi connectivity index (χ0v) is 11.4. The molecule has 0 unspecified atom stereocenters. The van der Waals surface area contributed by atoms with Gasteiger partial charge in [0, 0.05) is 24.0 Å². The highest BCUT2D eigenvalue weighted by Gasteiger charge is 2.04. The first-order chi connectivity index (χ1) is 10.4. The standard InChI is InChI=1S/C17H14N4/c1-2-10-21-12-14(20-16(21)8-1)11-19-15-7-3-5-13-6-4-9-18-17(13)15/h1-10,12,19H,11H2. The number of hydrogen-bond donors (Lipinski definition) is 1. The summed E-state index contributed by atoms with van der Waals surface area (Å²) in [5, 5.41) is 4.56. The van der Waals surface area contributed by atoms with E-state index in [-0.39, 0.29) is 0 Å². The van der Waals surface area contributed by atoms with Crippen LogP contribution in [0.25, 0.3) is 16.6 Å². The van der Waals surface area contributed by atoms with Gasteiger partial charge in [0.1, 0.15) is 5.65 Å². The first-order valence-electron chi connectivity index (χ1n) is 6.90. The van der Waals surface area contributed by atoms with Crippen molar-refractivity contribution in [2.45, 2.75) is 6.54 Å².